The molecule has 0 atom stereocenters. The van der Waals surface area contributed by atoms with Crippen molar-refractivity contribution in [3.63, 3.8) is 0 Å². The van der Waals surface area contributed by atoms with E-state index < -0.39 is 11.8 Å². The lowest BCUT2D eigenvalue weighted by Crippen LogP contribution is -2.20. The van der Waals surface area contributed by atoms with Crippen molar-refractivity contribution in [2.75, 3.05) is 0 Å². The lowest BCUT2D eigenvalue weighted by atomic mass is 10.0. The van der Waals surface area contributed by atoms with Crippen LogP contribution < -0.4 is 11.5 Å². The minimum atomic E-state index is -0.773. The molecule has 0 radical (unpaired) electrons. The Morgan fingerprint density at radius 3 is 2.53 bits per heavy atom. The van der Waals surface area contributed by atoms with Crippen LogP contribution in [0.3, 0.4) is 0 Å². The quantitative estimate of drug-likeness (QED) is 0.660. The minimum absolute atomic E-state index is 0.00583. The molecular formula is C9H8N4O2. The maximum absolute atomic E-state index is 11.1. The van der Waals surface area contributed by atoms with Gasteiger partial charge in [-0.3, -0.25) is 14.6 Å². The van der Waals surface area contributed by atoms with Crippen molar-refractivity contribution >= 4 is 11.8 Å². The highest BCUT2D eigenvalue weighted by Gasteiger charge is 2.15. The van der Waals surface area contributed by atoms with Gasteiger partial charge in [-0.2, -0.15) is 5.26 Å². The molecule has 1 rings (SSSR count). The lowest BCUT2D eigenvalue weighted by molar-refractivity contribution is -0.117. The molecular weight excluding hydrogens is 196 g/mol. The molecule has 4 N–H and O–H groups in total. The van der Waals surface area contributed by atoms with E-state index in [0.29, 0.717) is 0 Å². The van der Waals surface area contributed by atoms with Gasteiger partial charge in [-0.05, 0) is 5.56 Å². The molecule has 0 saturated heterocycles. The smallest absolute Gasteiger partial charge is 0.250 e. The Hall–Kier alpha value is -2.42. The van der Waals surface area contributed by atoms with Crippen molar-refractivity contribution in [2.45, 2.75) is 6.42 Å². The number of aromatic nitrogens is 1. The van der Waals surface area contributed by atoms with Gasteiger partial charge in [0.05, 0.1) is 17.5 Å². The number of amides is 2. The summed E-state index contributed by atoms with van der Waals surface area (Å²) in [5, 5.41) is 8.71. The number of nitrogens with zero attached hydrogens (tertiary/aromatic N) is 2. The van der Waals surface area contributed by atoms with Crippen LogP contribution in [0.15, 0.2) is 12.4 Å². The fourth-order valence-electron chi connectivity index (χ4n) is 1.20. The Balaban J connectivity index is 3.33. The first-order valence-corrected chi connectivity index (χ1v) is 4.01. The van der Waals surface area contributed by atoms with Gasteiger partial charge < -0.3 is 11.5 Å². The van der Waals surface area contributed by atoms with Crippen LogP contribution in [0.2, 0.25) is 0 Å². The van der Waals surface area contributed by atoms with Crippen LogP contribution in [0.1, 0.15) is 21.5 Å². The van der Waals surface area contributed by atoms with Crippen molar-refractivity contribution < 1.29 is 9.59 Å². The molecule has 0 aliphatic carbocycles. The predicted octanol–water partition coefficient (Wildman–Crippen LogP) is -0.920. The average Bonchev–Trinajstić information content (AvgIpc) is 2.15. The zero-order chi connectivity index (χ0) is 11.4. The third kappa shape index (κ3) is 2.28. The number of primary amides is 2. The van der Waals surface area contributed by atoms with Gasteiger partial charge in [0.2, 0.25) is 11.8 Å². The van der Waals surface area contributed by atoms with Crippen molar-refractivity contribution in [1.29, 1.82) is 5.26 Å². The molecule has 0 bridgehead atoms. The number of carbonyl (C=O) groups excluding carboxylic acids is 2. The van der Waals surface area contributed by atoms with E-state index in [2.05, 4.69) is 4.98 Å². The lowest BCUT2D eigenvalue weighted by Gasteiger charge is -2.04. The van der Waals surface area contributed by atoms with E-state index >= 15 is 0 Å². The fraction of sp³-hybridized carbons (Fsp3) is 0.111. The van der Waals surface area contributed by atoms with Gasteiger partial charge >= 0.3 is 0 Å². The van der Waals surface area contributed by atoms with Gasteiger partial charge in [0.1, 0.15) is 6.07 Å². The Morgan fingerprint density at radius 2 is 2.07 bits per heavy atom. The zero-order valence-electron chi connectivity index (χ0n) is 7.73. The Labute approximate surface area is 85.5 Å². The summed E-state index contributed by atoms with van der Waals surface area (Å²) >= 11 is 0. The topological polar surface area (TPSA) is 123 Å². The number of hydrogen-bond donors (Lipinski definition) is 2. The molecule has 0 unspecified atom stereocenters. The van der Waals surface area contributed by atoms with Crippen LogP contribution >= 0.6 is 0 Å². The first-order valence-electron chi connectivity index (χ1n) is 4.01. The molecule has 1 aromatic heterocycles. The largest absolute Gasteiger partial charge is 0.369 e. The molecule has 0 spiro atoms. The standard InChI is InChI=1S/C9H8N4O2/c10-2-6-4-13-3-5(1-7(11)14)8(6)9(12)15/h3-4H,1H2,(H2,11,14)(H2,12,15). The highest BCUT2D eigenvalue weighted by molar-refractivity contribution is 5.97. The Morgan fingerprint density at radius 1 is 1.40 bits per heavy atom. The molecule has 0 aromatic carbocycles. The monoisotopic (exact) mass is 204 g/mol. The summed E-state index contributed by atoms with van der Waals surface area (Å²) in [6.45, 7) is 0. The minimum Gasteiger partial charge on any atom is -0.369 e. The van der Waals surface area contributed by atoms with Crippen molar-refractivity contribution in [2.24, 2.45) is 11.5 Å². The van der Waals surface area contributed by atoms with Crippen LogP contribution in [0.4, 0.5) is 0 Å². The number of rotatable bonds is 3. The van der Waals surface area contributed by atoms with Crippen molar-refractivity contribution in [1.82, 2.24) is 4.98 Å². The molecule has 15 heavy (non-hydrogen) atoms. The summed E-state index contributed by atoms with van der Waals surface area (Å²) in [6, 6.07) is 1.78. The summed E-state index contributed by atoms with van der Waals surface area (Å²) in [4.78, 5) is 25.5. The van der Waals surface area contributed by atoms with Crippen LogP contribution in [0.25, 0.3) is 0 Å². The number of nitrogens with two attached hydrogens (primary N) is 2. The van der Waals surface area contributed by atoms with Gasteiger partial charge in [-0.1, -0.05) is 0 Å². The predicted molar refractivity (Wildman–Crippen MR) is 50.4 cm³/mol. The SMILES string of the molecule is N#Cc1cncc(CC(N)=O)c1C(N)=O. The van der Waals surface area contributed by atoms with Crippen LogP contribution in [0.5, 0.6) is 0 Å². The van der Waals surface area contributed by atoms with Gasteiger partial charge in [-0.15, -0.1) is 0 Å². The molecule has 0 aliphatic rings. The van der Waals surface area contributed by atoms with Crippen LogP contribution in [-0.2, 0) is 11.2 Å². The maximum atomic E-state index is 11.1. The number of pyridine rings is 1. The highest BCUT2D eigenvalue weighted by atomic mass is 16.1. The third-order valence-corrected chi connectivity index (χ3v) is 1.76. The molecule has 0 aliphatic heterocycles. The third-order valence-electron chi connectivity index (χ3n) is 1.76. The molecule has 6 nitrogen and oxygen atoms in total. The van der Waals surface area contributed by atoms with E-state index in [1.807, 2.05) is 0 Å². The first kappa shape index (κ1) is 10.7. The van der Waals surface area contributed by atoms with E-state index in [4.69, 9.17) is 16.7 Å². The molecule has 0 fully saturated rings. The highest BCUT2D eigenvalue weighted by Crippen LogP contribution is 2.12. The molecule has 0 saturated carbocycles. The summed E-state index contributed by atoms with van der Waals surface area (Å²) in [5.41, 5.74) is 10.4. The van der Waals surface area contributed by atoms with E-state index in [9.17, 15) is 9.59 Å². The molecule has 1 aromatic rings. The molecule has 6 heteroatoms. The van der Waals surface area contributed by atoms with Gasteiger partial charge in [-0.25, -0.2) is 0 Å². The number of nitriles is 1. The summed E-state index contributed by atoms with van der Waals surface area (Å²) in [5.74, 6) is -1.39. The Kier molecular flexibility index (Phi) is 2.98. The summed E-state index contributed by atoms with van der Waals surface area (Å²) in [6.07, 6.45) is 2.34. The van der Waals surface area contributed by atoms with Crippen molar-refractivity contribution in [3.8, 4) is 6.07 Å². The molecule has 2 amide bonds. The zero-order valence-corrected chi connectivity index (χ0v) is 7.73. The van der Waals surface area contributed by atoms with E-state index in [1.54, 1.807) is 6.07 Å². The van der Waals surface area contributed by atoms with E-state index in [1.165, 1.54) is 12.4 Å². The average molecular weight is 204 g/mol. The van der Waals surface area contributed by atoms with Crippen LogP contribution in [-0.4, -0.2) is 16.8 Å². The molecule has 1 heterocycles. The van der Waals surface area contributed by atoms with Crippen molar-refractivity contribution in [3.05, 3.63) is 29.1 Å². The van der Waals surface area contributed by atoms with E-state index in [0.717, 1.165) is 0 Å². The Bertz CT molecular complexity index is 462. The van der Waals surface area contributed by atoms with E-state index in [-0.39, 0.29) is 23.1 Å². The van der Waals surface area contributed by atoms with Crippen LogP contribution in [0, 0.1) is 11.3 Å². The first-order chi connectivity index (χ1) is 7.06. The normalized spacial score (nSPS) is 9.27. The second-order valence-electron chi connectivity index (χ2n) is 2.84. The van der Waals surface area contributed by atoms with Gasteiger partial charge in [0, 0.05) is 12.4 Å². The maximum Gasteiger partial charge on any atom is 0.250 e. The number of carbonyl (C=O) groups is 2. The second-order valence-corrected chi connectivity index (χ2v) is 2.84. The summed E-state index contributed by atoms with van der Waals surface area (Å²) < 4.78 is 0. The summed E-state index contributed by atoms with van der Waals surface area (Å²) in [7, 11) is 0. The second kappa shape index (κ2) is 4.19. The molecule has 76 valence electrons. The fourth-order valence-corrected chi connectivity index (χ4v) is 1.20. The van der Waals surface area contributed by atoms with Gasteiger partial charge in [0.15, 0.2) is 0 Å². The number of hydrogen-bond acceptors (Lipinski definition) is 4. The van der Waals surface area contributed by atoms with Gasteiger partial charge in [0.25, 0.3) is 0 Å².